The third-order valence-corrected chi connectivity index (χ3v) is 9.57. The molecule has 9 nitrogen and oxygen atoms in total. The lowest BCUT2D eigenvalue weighted by Crippen LogP contribution is -2.50. The van der Waals surface area contributed by atoms with Crippen molar-refractivity contribution in [3.8, 4) is 16.9 Å². The highest BCUT2D eigenvalue weighted by Crippen LogP contribution is 2.44. The van der Waals surface area contributed by atoms with E-state index in [-0.39, 0.29) is 42.1 Å². The van der Waals surface area contributed by atoms with E-state index >= 15 is 8.78 Å². The molecule has 4 aromatic rings. The van der Waals surface area contributed by atoms with Gasteiger partial charge in [-0.05, 0) is 90.3 Å². The molecule has 2 aromatic carbocycles. The second-order valence-corrected chi connectivity index (χ2v) is 12.4. The van der Waals surface area contributed by atoms with Crippen molar-refractivity contribution in [1.29, 1.82) is 0 Å². The van der Waals surface area contributed by atoms with Crippen molar-refractivity contribution in [2.24, 2.45) is 0 Å². The second-order valence-electron chi connectivity index (χ2n) is 12.4. The number of ether oxygens (including phenoxy) is 1. The lowest BCUT2D eigenvalue weighted by Gasteiger charge is -2.37. The first kappa shape index (κ1) is 28.7. The van der Waals surface area contributed by atoms with E-state index in [1.54, 1.807) is 18.3 Å². The number of nitrogens with one attached hydrogen (secondary N) is 1. The largest absolute Gasteiger partial charge is 0.491 e. The van der Waals surface area contributed by atoms with E-state index in [0.717, 1.165) is 54.6 Å². The Morgan fingerprint density at radius 2 is 1.89 bits per heavy atom. The molecule has 1 aliphatic carbocycles. The number of likely N-dealkylation sites (tertiary alicyclic amines) is 1. The summed E-state index contributed by atoms with van der Waals surface area (Å²) in [5.41, 5.74) is 4.64. The average molecular weight is 626 g/mol. The van der Waals surface area contributed by atoms with Gasteiger partial charge in [-0.25, -0.2) is 18.6 Å². The van der Waals surface area contributed by atoms with Gasteiger partial charge in [-0.15, -0.1) is 0 Å². The summed E-state index contributed by atoms with van der Waals surface area (Å²) in [6, 6.07) is 9.45. The highest BCUT2D eigenvalue weighted by molar-refractivity contribution is 6.09. The molecule has 46 heavy (non-hydrogen) atoms. The van der Waals surface area contributed by atoms with Crippen molar-refractivity contribution in [3.05, 3.63) is 82.7 Å². The van der Waals surface area contributed by atoms with Gasteiger partial charge >= 0.3 is 6.03 Å². The van der Waals surface area contributed by atoms with Crippen LogP contribution >= 0.6 is 0 Å². The van der Waals surface area contributed by atoms with E-state index in [1.165, 1.54) is 23.1 Å². The Bertz CT molecular complexity index is 1930. The zero-order valence-corrected chi connectivity index (χ0v) is 25.2. The summed E-state index contributed by atoms with van der Waals surface area (Å²) >= 11 is 0. The first-order valence-corrected chi connectivity index (χ1v) is 15.8. The lowest BCUT2D eigenvalue weighted by atomic mass is 9.95. The molecular formula is C35H33F2N5O4. The number of aromatic amines is 1. The summed E-state index contributed by atoms with van der Waals surface area (Å²) in [5, 5.41) is 11.4. The third-order valence-electron chi connectivity index (χ3n) is 9.57. The van der Waals surface area contributed by atoms with Gasteiger partial charge in [-0.2, -0.15) is 0 Å². The molecule has 2 fully saturated rings. The number of aromatic nitrogens is 2. The molecule has 1 saturated heterocycles. The van der Waals surface area contributed by atoms with E-state index in [0.29, 0.717) is 41.8 Å². The van der Waals surface area contributed by atoms with Gasteiger partial charge in [-0.3, -0.25) is 4.79 Å². The topological polar surface area (TPSA) is 102 Å². The van der Waals surface area contributed by atoms with Crippen LogP contribution in [0.25, 0.3) is 27.7 Å². The summed E-state index contributed by atoms with van der Waals surface area (Å²) in [7, 11) is 0. The highest BCUT2D eigenvalue weighted by atomic mass is 19.1. The Morgan fingerprint density at radius 1 is 1.04 bits per heavy atom. The number of carbonyl (C=O) groups excluding carboxylic acids is 2. The molecule has 11 heteroatoms. The third kappa shape index (κ3) is 4.89. The fourth-order valence-electron chi connectivity index (χ4n) is 6.79. The molecule has 1 saturated carbocycles. The molecule has 0 atom stereocenters. The summed E-state index contributed by atoms with van der Waals surface area (Å²) < 4.78 is 36.7. The van der Waals surface area contributed by atoms with E-state index in [9.17, 15) is 14.7 Å². The van der Waals surface area contributed by atoms with Crippen LogP contribution in [0, 0.1) is 11.6 Å². The maximum atomic E-state index is 15.4. The zero-order valence-electron chi connectivity index (χ0n) is 25.2. The van der Waals surface area contributed by atoms with Gasteiger partial charge in [0.2, 0.25) is 0 Å². The minimum atomic E-state index is -0.667. The molecule has 4 aliphatic rings. The van der Waals surface area contributed by atoms with Crippen LogP contribution in [0.5, 0.6) is 5.75 Å². The Kier molecular flexibility index (Phi) is 7.01. The number of H-pyrrole nitrogens is 1. The predicted octanol–water partition coefficient (Wildman–Crippen LogP) is 5.83. The number of aliphatic hydroxyl groups excluding tert-OH is 1. The predicted molar refractivity (Wildman–Crippen MR) is 169 cm³/mol. The first-order chi connectivity index (χ1) is 22.4. The van der Waals surface area contributed by atoms with Crippen LogP contribution < -0.4 is 9.64 Å². The number of aliphatic hydroxyl groups is 1. The summed E-state index contributed by atoms with van der Waals surface area (Å²) in [4.78, 5) is 39.4. The molecule has 8 rings (SSSR count). The molecule has 0 bridgehead atoms. The average Bonchev–Trinajstić information content (AvgIpc) is 3.81. The Labute approximate surface area is 264 Å². The molecule has 3 amide bonds. The number of amides is 3. The van der Waals surface area contributed by atoms with Crippen molar-refractivity contribution >= 4 is 34.2 Å². The summed E-state index contributed by atoms with van der Waals surface area (Å²) in [6.45, 7) is 2.39. The van der Waals surface area contributed by atoms with Gasteiger partial charge in [0.1, 0.15) is 35.2 Å². The lowest BCUT2D eigenvalue weighted by molar-refractivity contribution is 0.0985. The molecule has 0 unspecified atom stereocenters. The van der Waals surface area contributed by atoms with Crippen LogP contribution in [0.3, 0.4) is 0 Å². The quantitative estimate of drug-likeness (QED) is 0.291. The fourth-order valence-corrected chi connectivity index (χ4v) is 6.79. The monoisotopic (exact) mass is 625 g/mol. The van der Waals surface area contributed by atoms with Crippen LogP contribution in [0.2, 0.25) is 0 Å². The number of hydrogen-bond donors (Lipinski definition) is 2. The maximum absolute atomic E-state index is 15.4. The number of carbonyl (C=O) groups is 2. The minimum absolute atomic E-state index is 0.0487. The minimum Gasteiger partial charge on any atom is -0.491 e. The number of pyridine rings is 1. The number of anilines is 1. The maximum Gasteiger partial charge on any atom is 0.320 e. The van der Waals surface area contributed by atoms with Crippen LogP contribution in [-0.4, -0.2) is 76.1 Å². The van der Waals surface area contributed by atoms with Gasteiger partial charge in [0.05, 0.1) is 18.8 Å². The smallest absolute Gasteiger partial charge is 0.320 e. The summed E-state index contributed by atoms with van der Waals surface area (Å²) in [6.07, 6.45) is 7.33. The zero-order chi connectivity index (χ0) is 31.5. The number of rotatable bonds is 5. The standard InChI is InChI=1S/C35H33F2N5O4/c36-23-16-25(24-4-7-38-33-26(24)18-29(39-33)21-5-10-41(11-6-21)35(45)40-8-1-9-40)27(19-43)30(17-23)42-12-13-46-31-15-22(20-2-3-20)14-28(37)32(31)34(42)44/h4-5,7,14-18,20,43H,1-3,6,8-13,19H2,(H,38,39). The SMILES string of the molecule is O=C(N1CC=C(c2cc3c(-c4cc(F)cc(N5CCOc6cc(C7CC7)cc(F)c6C5=O)c4CO)ccnc3[nH]2)CC1)N1CCC1. The Morgan fingerprint density at radius 3 is 2.61 bits per heavy atom. The summed E-state index contributed by atoms with van der Waals surface area (Å²) in [5.74, 6) is -1.45. The van der Waals surface area contributed by atoms with Crippen LogP contribution in [0.15, 0.2) is 48.7 Å². The number of hydrogen-bond acceptors (Lipinski definition) is 5. The fraction of sp³-hybridized carbons (Fsp3) is 0.343. The molecule has 236 valence electrons. The van der Waals surface area contributed by atoms with E-state index in [4.69, 9.17) is 4.74 Å². The second kappa shape index (κ2) is 11.2. The Balaban J connectivity index is 1.15. The number of halogens is 2. The molecule has 0 radical (unpaired) electrons. The Hall–Kier alpha value is -4.77. The molecule has 2 N–H and O–H groups in total. The normalized spacial score (nSPS) is 18.2. The number of urea groups is 1. The van der Waals surface area contributed by atoms with Gasteiger partial charge in [0.15, 0.2) is 0 Å². The van der Waals surface area contributed by atoms with Gasteiger partial charge in [0, 0.05) is 49.0 Å². The number of fused-ring (bicyclic) bond motifs is 2. The van der Waals surface area contributed by atoms with Crippen molar-refractivity contribution in [1.82, 2.24) is 19.8 Å². The van der Waals surface area contributed by atoms with Crippen LogP contribution in [0.1, 0.15) is 58.8 Å². The van der Waals surface area contributed by atoms with Crippen molar-refractivity contribution in [3.63, 3.8) is 0 Å². The van der Waals surface area contributed by atoms with Gasteiger partial charge < -0.3 is 29.5 Å². The van der Waals surface area contributed by atoms with Gasteiger partial charge in [0.25, 0.3) is 5.91 Å². The van der Waals surface area contributed by atoms with Crippen LogP contribution in [-0.2, 0) is 6.61 Å². The van der Waals surface area contributed by atoms with E-state index in [1.807, 2.05) is 21.9 Å². The van der Waals surface area contributed by atoms with Crippen molar-refractivity contribution < 1.29 is 28.2 Å². The van der Waals surface area contributed by atoms with Crippen LogP contribution in [0.4, 0.5) is 19.3 Å². The van der Waals surface area contributed by atoms with Crippen molar-refractivity contribution in [2.45, 2.75) is 38.2 Å². The molecule has 5 heterocycles. The molecule has 3 aliphatic heterocycles. The van der Waals surface area contributed by atoms with E-state index in [2.05, 4.69) is 9.97 Å². The molecule has 0 spiro atoms. The molecular weight excluding hydrogens is 592 g/mol. The number of benzene rings is 2. The number of nitrogens with zero attached hydrogens (tertiary/aromatic N) is 4. The molecule has 2 aromatic heterocycles. The van der Waals surface area contributed by atoms with Gasteiger partial charge in [-0.1, -0.05) is 6.08 Å². The first-order valence-electron chi connectivity index (χ1n) is 15.8. The van der Waals surface area contributed by atoms with E-state index < -0.39 is 24.1 Å². The van der Waals surface area contributed by atoms with Crippen molar-refractivity contribution in [2.75, 3.05) is 44.2 Å². The highest BCUT2D eigenvalue weighted by Gasteiger charge is 2.34.